The summed E-state index contributed by atoms with van der Waals surface area (Å²) in [6.45, 7) is 5.52. The van der Waals surface area contributed by atoms with Crippen molar-refractivity contribution in [2.24, 2.45) is 5.92 Å². The van der Waals surface area contributed by atoms with Crippen molar-refractivity contribution in [3.8, 4) is 17.2 Å². The van der Waals surface area contributed by atoms with E-state index in [1.807, 2.05) is 41.3 Å². The quantitative estimate of drug-likeness (QED) is 0.517. The number of unbranched alkanes of at least 4 members (excludes halogenated alkanes) is 1. The molecule has 4 unspecified atom stereocenters. The molecule has 172 valence electrons. The second kappa shape index (κ2) is 9.79. The molecule has 2 aromatic carbocycles. The highest BCUT2D eigenvalue weighted by molar-refractivity contribution is 5.86. The lowest BCUT2D eigenvalue weighted by Crippen LogP contribution is -2.41. The topological polar surface area (TPSA) is 83.1 Å². The zero-order valence-corrected chi connectivity index (χ0v) is 19.0. The second-order valence-corrected chi connectivity index (χ2v) is 8.47. The van der Waals surface area contributed by atoms with Crippen molar-refractivity contribution in [3.05, 3.63) is 53.6 Å². The van der Waals surface area contributed by atoms with Crippen molar-refractivity contribution in [1.29, 1.82) is 0 Å². The van der Waals surface area contributed by atoms with Crippen molar-refractivity contribution in [3.63, 3.8) is 0 Å². The van der Waals surface area contributed by atoms with Gasteiger partial charge in [-0.05, 0) is 36.6 Å². The molecular formula is C25H33N3O4. The van der Waals surface area contributed by atoms with E-state index in [0.717, 1.165) is 30.4 Å². The summed E-state index contributed by atoms with van der Waals surface area (Å²) in [6.07, 6.45) is 2.91. The number of amides is 1. The van der Waals surface area contributed by atoms with Gasteiger partial charge < -0.3 is 19.5 Å². The van der Waals surface area contributed by atoms with E-state index in [0.29, 0.717) is 24.7 Å². The van der Waals surface area contributed by atoms with Gasteiger partial charge in [0.05, 0.1) is 25.8 Å². The first kappa shape index (κ1) is 22.4. The van der Waals surface area contributed by atoms with Crippen molar-refractivity contribution in [1.82, 2.24) is 15.8 Å². The number of para-hydroxylation sites is 1. The fourth-order valence-corrected chi connectivity index (χ4v) is 4.92. The van der Waals surface area contributed by atoms with Crippen LogP contribution in [-0.4, -0.2) is 42.2 Å². The SMILES string of the molecule is CCCCOc1ccc(C2C3C(NNC3c3ccccc3O)C(=O)N2CCC)cc1OC. The number of hydrazine groups is 1. The molecule has 32 heavy (non-hydrogen) atoms. The maximum Gasteiger partial charge on any atom is 0.242 e. The number of benzene rings is 2. The number of nitrogens with one attached hydrogen (secondary N) is 2. The number of carbonyl (C=O) groups excluding carboxylic acids is 1. The van der Waals surface area contributed by atoms with Crippen LogP contribution in [-0.2, 0) is 4.79 Å². The number of nitrogens with zero attached hydrogens (tertiary/aromatic N) is 1. The van der Waals surface area contributed by atoms with Gasteiger partial charge in [0.25, 0.3) is 0 Å². The molecule has 2 aliphatic heterocycles. The first-order valence-corrected chi connectivity index (χ1v) is 11.5. The number of ether oxygens (including phenoxy) is 2. The monoisotopic (exact) mass is 439 g/mol. The first-order chi connectivity index (χ1) is 15.6. The molecule has 2 aliphatic rings. The normalized spacial score (nSPS) is 24.6. The lowest BCUT2D eigenvalue weighted by molar-refractivity contribution is -0.130. The molecule has 2 fully saturated rings. The minimum atomic E-state index is -0.359. The van der Waals surface area contributed by atoms with Crippen LogP contribution in [0.3, 0.4) is 0 Å². The summed E-state index contributed by atoms with van der Waals surface area (Å²) >= 11 is 0. The maximum absolute atomic E-state index is 13.3. The number of hydrogen-bond donors (Lipinski definition) is 3. The summed E-state index contributed by atoms with van der Waals surface area (Å²) < 4.78 is 11.6. The predicted octanol–water partition coefficient (Wildman–Crippen LogP) is 3.71. The van der Waals surface area contributed by atoms with E-state index in [2.05, 4.69) is 24.7 Å². The molecule has 0 bridgehead atoms. The molecule has 4 atom stereocenters. The van der Waals surface area contributed by atoms with E-state index >= 15 is 0 Å². The Hall–Kier alpha value is -2.77. The molecule has 2 saturated heterocycles. The third kappa shape index (κ3) is 4.02. The highest BCUT2D eigenvalue weighted by atomic mass is 16.5. The van der Waals surface area contributed by atoms with Gasteiger partial charge in [0.1, 0.15) is 11.8 Å². The van der Waals surface area contributed by atoms with Gasteiger partial charge in [0, 0.05) is 18.0 Å². The molecule has 3 N–H and O–H groups in total. The Kier molecular flexibility index (Phi) is 6.86. The van der Waals surface area contributed by atoms with E-state index < -0.39 is 0 Å². The molecule has 7 heteroatoms. The Bertz CT molecular complexity index is 951. The second-order valence-electron chi connectivity index (χ2n) is 8.47. The summed E-state index contributed by atoms with van der Waals surface area (Å²) in [5, 5.41) is 10.5. The van der Waals surface area contributed by atoms with Gasteiger partial charge in [-0.2, -0.15) is 0 Å². The summed E-state index contributed by atoms with van der Waals surface area (Å²) in [7, 11) is 1.64. The van der Waals surface area contributed by atoms with Crippen LogP contribution in [0.25, 0.3) is 0 Å². The molecule has 0 radical (unpaired) electrons. The van der Waals surface area contributed by atoms with Gasteiger partial charge >= 0.3 is 0 Å². The zero-order chi connectivity index (χ0) is 22.7. The van der Waals surface area contributed by atoms with Crippen LogP contribution in [0.2, 0.25) is 0 Å². The van der Waals surface area contributed by atoms with Crippen LogP contribution >= 0.6 is 0 Å². The Morgan fingerprint density at radius 3 is 2.53 bits per heavy atom. The Morgan fingerprint density at radius 2 is 1.81 bits per heavy atom. The average Bonchev–Trinajstić information content (AvgIpc) is 3.34. The van der Waals surface area contributed by atoms with Gasteiger partial charge in [-0.15, -0.1) is 0 Å². The molecular weight excluding hydrogens is 406 g/mol. The Labute approximate surface area is 189 Å². The molecule has 2 heterocycles. The van der Waals surface area contributed by atoms with Gasteiger partial charge in [-0.1, -0.05) is 44.5 Å². The van der Waals surface area contributed by atoms with Crippen molar-refractivity contribution >= 4 is 5.91 Å². The summed E-state index contributed by atoms with van der Waals surface area (Å²) in [5.74, 6) is 1.61. The predicted molar refractivity (Wildman–Crippen MR) is 123 cm³/mol. The van der Waals surface area contributed by atoms with E-state index in [4.69, 9.17) is 9.47 Å². The van der Waals surface area contributed by atoms with E-state index in [-0.39, 0.29) is 35.7 Å². The van der Waals surface area contributed by atoms with Crippen LogP contribution in [0.15, 0.2) is 42.5 Å². The molecule has 0 saturated carbocycles. The summed E-state index contributed by atoms with van der Waals surface area (Å²) in [4.78, 5) is 15.3. The number of likely N-dealkylation sites (tertiary alicyclic amines) is 1. The number of phenolic OH excluding ortho intramolecular Hbond substituents is 1. The highest BCUT2D eigenvalue weighted by Gasteiger charge is 2.55. The van der Waals surface area contributed by atoms with Gasteiger partial charge in [0.15, 0.2) is 11.5 Å². The van der Waals surface area contributed by atoms with Crippen molar-refractivity contribution < 1.29 is 19.4 Å². The number of aromatic hydroxyl groups is 1. The standard InChI is InChI=1S/C25H33N3O4/c1-4-6-14-32-19-12-11-16(15-20(19)31-3)24-21-22(17-9-7-8-10-18(17)29)26-27-23(21)25(30)28(24)13-5-2/h7-12,15,21-24,26-27,29H,4-6,13-14H2,1-3H3. The van der Waals surface area contributed by atoms with Gasteiger partial charge in [-0.3, -0.25) is 4.79 Å². The maximum atomic E-state index is 13.3. The fourth-order valence-electron chi connectivity index (χ4n) is 4.92. The zero-order valence-electron chi connectivity index (χ0n) is 19.0. The van der Waals surface area contributed by atoms with Crippen molar-refractivity contribution in [2.75, 3.05) is 20.3 Å². The largest absolute Gasteiger partial charge is 0.508 e. The van der Waals surface area contributed by atoms with Crippen LogP contribution < -0.4 is 20.3 Å². The van der Waals surface area contributed by atoms with E-state index in [1.54, 1.807) is 13.2 Å². The highest BCUT2D eigenvalue weighted by Crippen LogP contribution is 2.49. The lowest BCUT2D eigenvalue weighted by Gasteiger charge is -2.31. The van der Waals surface area contributed by atoms with Gasteiger partial charge in [-0.25, -0.2) is 10.9 Å². The molecule has 1 amide bonds. The minimum Gasteiger partial charge on any atom is -0.508 e. The Balaban J connectivity index is 1.72. The number of hydrogen-bond acceptors (Lipinski definition) is 6. The third-order valence-corrected chi connectivity index (χ3v) is 6.43. The number of methoxy groups -OCH3 is 1. The molecule has 0 aliphatic carbocycles. The van der Waals surface area contributed by atoms with Crippen LogP contribution in [0.1, 0.15) is 56.3 Å². The Morgan fingerprint density at radius 1 is 1.03 bits per heavy atom. The number of phenols is 1. The summed E-state index contributed by atoms with van der Waals surface area (Å²) in [6, 6.07) is 12.6. The summed E-state index contributed by atoms with van der Waals surface area (Å²) in [5.41, 5.74) is 8.26. The van der Waals surface area contributed by atoms with Crippen molar-refractivity contribution in [2.45, 2.75) is 51.2 Å². The minimum absolute atomic E-state index is 0.0783. The molecule has 7 nitrogen and oxygen atoms in total. The number of rotatable bonds is 9. The van der Waals surface area contributed by atoms with Gasteiger partial charge in [0.2, 0.25) is 5.91 Å². The molecule has 4 rings (SSSR count). The molecule has 0 aromatic heterocycles. The van der Waals surface area contributed by atoms with E-state index in [1.165, 1.54) is 0 Å². The number of fused-ring (bicyclic) bond motifs is 1. The average molecular weight is 440 g/mol. The number of carbonyl (C=O) groups is 1. The van der Waals surface area contributed by atoms with Crippen LogP contribution in [0.5, 0.6) is 17.2 Å². The van der Waals surface area contributed by atoms with E-state index in [9.17, 15) is 9.90 Å². The van der Waals surface area contributed by atoms with Crippen LogP contribution in [0, 0.1) is 5.92 Å². The van der Waals surface area contributed by atoms with Crippen LogP contribution in [0.4, 0.5) is 0 Å². The third-order valence-electron chi connectivity index (χ3n) is 6.43. The lowest BCUT2D eigenvalue weighted by atomic mass is 9.83. The molecule has 0 spiro atoms. The molecule has 2 aromatic rings. The first-order valence-electron chi connectivity index (χ1n) is 11.5. The smallest absolute Gasteiger partial charge is 0.242 e. The fraction of sp³-hybridized carbons (Fsp3) is 0.480.